The third-order valence-corrected chi connectivity index (χ3v) is 4.90. The molecule has 23 heavy (non-hydrogen) atoms. The maximum atomic E-state index is 11.8. The highest BCUT2D eigenvalue weighted by molar-refractivity contribution is 7.92. The van der Waals surface area contributed by atoms with Crippen LogP contribution < -0.4 is 10.0 Å². The first-order chi connectivity index (χ1) is 11.0. The second-order valence-electron chi connectivity index (χ2n) is 5.49. The number of nitrogens with zero attached hydrogens (tertiary/aromatic N) is 1. The van der Waals surface area contributed by atoms with Crippen LogP contribution in [0.3, 0.4) is 0 Å². The maximum absolute atomic E-state index is 11.8. The zero-order valence-corrected chi connectivity index (χ0v) is 14.4. The molecule has 2 rings (SSSR count). The first kappa shape index (κ1) is 17.3. The number of aromatic nitrogens is 1. The van der Waals surface area contributed by atoms with Crippen molar-refractivity contribution in [1.29, 1.82) is 0 Å². The highest BCUT2D eigenvalue weighted by Gasteiger charge is 2.09. The van der Waals surface area contributed by atoms with Gasteiger partial charge in [0.05, 0.1) is 17.6 Å². The Bertz CT molecular complexity index is 728. The molecule has 0 amide bonds. The van der Waals surface area contributed by atoms with E-state index in [0.717, 1.165) is 6.42 Å². The fourth-order valence-corrected chi connectivity index (χ4v) is 3.37. The molecule has 0 aliphatic rings. The van der Waals surface area contributed by atoms with Crippen LogP contribution in [0.25, 0.3) is 0 Å². The Morgan fingerprint density at radius 2 is 1.91 bits per heavy atom. The molecule has 0 bridgehead atoms. The molecular formula is C17H23N3O2S. The van der Waals surface area contributed by atoms with Gasteiger partial charge in [-0.1, -0.05) is 37.6 Å². The molecule has 0 saturated carbocycles. The van der Waals surface area contributed by atoms with E-state index in [1.54, 1.807) is 12.1 Å². The van der Waals surface area contributed by atoms with Gasteiger partial charge in [-0.15, -0.1) is 0 Å². The summed E-state index contributed by atoms with van der Waals surface area (Å²) in [6.07, 6.45) is 3.03. The summed E-state index contributed by atoms with van der Waals surface area (Å²) < 4.78 is 26.2. The van der Waals surface area contributed by atoms with Gasteiger partial charge in [0.15, 0.2) is 0 Å². The van der Waals surface area contributed by atoms with E-state index in [-0.39, 0.29) is 5.75 Å². The fraction of sp³-hybridized carbons (Fsp3) is 0.353. The van der Waals surface area contributed by atoms with Crippen LogP contribution >= 0.6 is 0 Å². The predicted octanol–water partition coefficient (Wildman–Crippen LogP) is 3.54. The van der Waals surface area contributed by atoms with Gasteiger partial charge in [-0.2, -0.15) is 0 Å². The lowest BCUT2D eigenvalue weighted by molar-refractivity contribution is 0.598. The number of anilines is 2. The van der Waals surface area contributed by atoms with Gasteiger partial charge in [0, 0.05) is 6.54 Å². The average Bonchev–Trinajstić information content (AvgIpc) is 2.53. The third-order valence-electron chi connectivity index (χ3n) is 3.52. The minimum absolute atomic E-state index is 0.136. The van der Waals surface area contributed by atoms with Crippen molar-refractivity contribution in [1.82, 2.24) is 4.98 Å². The number of hydrogen-bond acceptors (Lipinski definition) is 4. The minimum atomic E-state index is -3.28. The van der Waals surface area contributed by atoms with Gasteiger partial charge >= 0.3 is 0 Å². The average molecular weight is 333 g/mol. The molecule has 0 saturated heterocycles. The normalized spacial score (nSPS) is 11.2. The number of aryl methyl sites for hydroxylation is 1. The second-order valence-corrected chi connectivity index (χ2v) is 7.33. The second kappa shape index (κ2) is 7.97. The smallest absolute Gasteiger partial charge is 0.232 e. The van der Waals surface area contributed by atoms with Crippen molar-refractivity contribution < 1.29 is 8.42 Å². The van der Waals surface area contributed by atoms with Crippen molar-refractivity contribution in [3.8, 4) is 0 Å². The summed E-state index contributed by atoms with van der Waals surface area (Å²) in [7, 11) is -3.28. The lowest BCUT2D eigenvalue weighted by Crippen LogP contribution is -2.16. The van der Waals surface area contributed by atoms with Crippen LogP contribution in [-0.2, 0) is 16.6 Å². The van der Waals surface area contributed by atoms with Crippen molar-refractivity contribution in [3.63, 3.8) is 0 Å². The first-order valence-corrected chi connectivity index (χ1v) is 9.40. The van der Waals surface area contributed by atoms with Crippen molar-refractivity contribution in [3.05, 3.63) is 53.7 Å². The van der Waals surface area contributed by atoms with E-state index in [9.17, 15) is 8.42 Å². The number of unbranched alkanes of at least 4 members (excludes halogenated alkanes) is 1. The van der Waals surface area contributed by atoms with E-state index < -0.39 is 10.0 Å². The molecular weight excluding hydrogens is 310 g/mol. The van der Waals surface area contributed by atoms with E-state index in [4.69, 9.17) is 0 Å². The Morgan fingerprint density at radius 3 is 2.57 bits per heavy atom. The number of hydrogen-bond donors (Lipinski definition) is 2. The molecule has 124 valence electrons. The monoisotopic (exact) mass is 333 g/mol. The number of nitrogens with one attached hydrogen (secondary N) is 2. The largest absolute Gasteiger partial charge is 0.366 e. The number of benzene rings is 1. The highest BCUT2D eigenvalue weighted by atomic mass is 32.2. The van der Waals surface area contributed by atoms with E-state index in [1.807, 2.05) is 19.1 Å². The van der Waals surface area contributed by atoms with E-state index in [0.29, 0.717) is 24.5 Å². The zero-order chi connectivity index (χ0) is 16.7. The van der Waals surface area contributed by atoms with Gasteiger partial charge in [-0.25, -0.2) is 13.4 Å². The molecule has 0 spiro atoms. The fourth-order valence-electron chi connectivity index (χ4n) is 2.12. The van der Waals surface area contributed by atoms with Gasteiger partial charge in [0.1, 0.15) is 5.82 Å². The van der Waals surface area contributed by atoms with Crippen LogP contribution in [0.2, 0.25) is 0 Å². The van der Waals surface area contributed by atoms with Gasteiger partial charge in [-0.3, -0.25) is 4.72 Å². The van der Waals surface area contributed by atoms with Crippen LogP contribution in [0.1, 0.15) is 30.9 Å². The highest BCUT2D eigenvalue weighted by Crippen LogP contribution is 2.14. The first-order valence-electron chi connectivity index (χ1n) is 7.75. The van der Waals surface area contributed by atoms with Crippen molar-refractivity contribution in [2.45, 2.75) is 33.2 Å². The molecule has 0 aliphatic heterocycles. The Morgan fingerprint density at radius 1 is 1.13 bits per heavy atom. The molecule has 0 unspecified atom stereocenters. The molecule has 0 radical (unpaired) electrons. The number of rotatable bonds is 8. The van der Waals surface area contributed by atoms with E-state index in [1.165, 1.54) is 17.3 Å². The van der Waals surface area contributed by atoms with Crippen molar-refractivity contribution in [2.24, 2.45) is 0 Å². The molecule has 2 aromatic rings. The molecule has 6 heteroatoms. The Hall–Kier alpha value is -2.08. The van der Waals surface area contributed by atoms with Gasteiger partial charge in [0.2, 0.25) is 10.0 Å². The molecule has 1 heterocycles. The standard InChI is InChI=1S/C17H23N3O2S/c1-3-4-11-23(21,22)20-16-9-10-17(19-13-16)18-12-15-8-6-5-7-14(15)2/h5-10,13,20H,3-4,11-12H2,1-2H3,(H,18,19). The van der Waals surface area contributed by atoms with Crippen LogP contribution in [-0.4, -0.2) is 19.2 Å². The maximum Gasteiger partial charge on any atom is 0.232 e. The molecule has 0 atom stereocenters. The minimum Gasteiger partial charge on any atom is -0.366 e. The van der Waals surface area contributed by atoms with Crippen LogP contribution in [0.15, 0.2) is 42.6 Å². The number of sulfonamides is 1. The van der Waals surface area contributed by atoms with Crippen molar-refractivity contribution >= 4 is 21.5 Å². The molecule has 0 fully saturated rings. The lowest BCUT2D eigenvalue weighted by atomic mass is 10.1. The SMILES string of the molecule is CCCCS(=O)(=O)Nc1ccc(NCc2ccccc2C)nc1. The molecule has 2 N–H and O–H groups in total. The summed E-state index contributed by atoms with van der Waals surface area (Å²) in [6, 6.07) is 11.6. The van der Waals surface area contributed by atoms with Crippen LogP contribution in [0, 0.1) is 6.92 Å². The van der Waals surface area contributed by atoms with Crippen LogP contribution in [0.5, 0.6) is 0 Å². The van der Waals surface area contributed by atoms with E-state index >= 15 is 0 Å². The predicted molar refractivity (Wildman–Crippen MR) is 95.1 cm³/mol. The molecule has 1 aromatic carbocycles. The summed E-state index contributed by atoms with van der Waals surface area (Å²) in [5.74, 6) is 0.848. The lowest BCUT2D eigenvalue weighted by Gasteiger charge is -2.10. The topological polar surface area (TPSA) is 71.1 Å². The third kappa shape index (κ3) is 5.56. The van der Waals surface area contributed by atoms with E-state index in [2.05, 4.69) is 34.1 Å². The molecule has 1 aromatic heterocycles. The Labute approximate surface area is 138 Å². The Kier molecular flexibility index (Phi) is 5.98. The quantitative estimate of drug-likeness (QED) is 0.775. The summed E-state index contributed by atoms with van der Waals surface area (Å²) in [6.45, 7) is 4.71. The van der Waals surface area contributed by atoms with Gasteiger partial charge < -0.3 is 5.32 Å². The molecule has 5 nitrogen and oxygen atoms in total. The zero-order valence-electron chi connectivity index (χ0n) is 13.5. The van der Waals surface area contributed by atoms with Crippen LogP contribution in [0.4, 0.5) is 11.5 Å². The summed E-state index contributed by atoms with van der Waals surface area (Å²) in [5, 5.41) is 3.24. The van der Waals surface area contributed by atoms with Gasteiger partial charge in [0.25, 0.3) is 0 Å². The summed E-state index contributed by atoms with van der Waals surface area (Å²) in [5.41, 5.74) is 2.92. The van der Waals surface area contributed by atoms with Gasteiger partial charge in [-0.05, 0) is 36.6 Å². The Balaban J connectivity index is 1.93. The molecule has 0 aliphatic carbocycles. The summed E-state index contributed by atoms with van der Waals surface area (Å²) >= 11 is 0. The van der Waals surface area contributed by atoms with Crippen molar-refractivity contribution in [2.75, 3.05) is 15.8 Å². The number of pyridine rings is 1. The summed E-state index contributed by atoms with van der Waals surface area (Å²) in [4.78, 5) is 4.25.